The Morgan fingerprint density at radius 2 is 1.77 bits per heavy atom. The zero-order valence-corrected chi connectivity index (χ0v) is 8.01. The van der Waals surface area contributed by atoms with Crippen LogP contribution in [-0.2, 0) is 9.53 Å². The number of aliphatic hydroxyl groups is 1. The van der Waals surface area contributed by atoms with E-state index in [0.29, 0.717) is 26.1 Å². The van der Waals surface area contributed by atoms with Crippen molar-refractivity contribution >= 4 is 5.78 Å². The van der Waals surface area contributed by atoms with Crippen LogP contribution in [0.1, 0.15) is 32.6 Å². The summed E-state index contributed by atoms with van der Waals surface area (Å²) in [6.45, 7) is 2.78. The average Bonchev–Trinajstić information content (AvgIpc) is 2.85. The van der Waals surface area contributed by atoms with Crippen LogP contribution >= 0.6 is 0 Å². The van der Waals surface area contributed by atoms with Gasteiger partial charge in [-0.3, -0.25) is 4.79 Å². The van der Waals surface area contributed by atoms with Crippen molar-refractivity contribution in [3.63, 3.8) is 0 Å². The first-order chi connectivity index (χ1) is 6.11. The Bertz CT molecular complexity index is 224. The second-order valence-corrected chi connectivity index (χ2v) is 4.28. The lowest BCUT2D eigenvalue weighted by molar-refractivity contribution is -0.145. The van der Waals surface area contributed by atoms with Gasteiger partial charge in [-0.1, -0.05) is 0 Å². The van der Waals surface area contributed by atoms with E-state index in [2.05, 4.69) is 0 Å². The number of hydrogen-bond acceptors (Lipinski definition) is 3. The SMILES string of the molecule is CC(=O)C1(C2(O)CCOCC2)CC1. The van der Waals surface area contributed by atoms with Crippen molar-refractivity contribution in [2.24, 2.45) is 5.41 Å². The molecule has 0 spiro atoms. The van der Waals surface area contributed by atoms with E-state index in [1.165, 1.54) is 0 Å². The molecule has 0 aromatic rings. The highest BCUT2D eigenvalue weighted by atomic mass is 16.5. The summed E-state index contributed by atoms with van der Waals surface area (Å²) in [7, 11) is 0. The van der Waals surface area contributed by atoms with Gasteiger partial charge in [0.05, 0.1) is 11.0 Å². The summed E-state index contributed by atoms with van der Waals surface area (Å²) in [4.78, 5) is 11.4. The zero-order chi connectivity index (χ0) is 9.53. The Morgan fingerprint density at radius 1 is 1.23 bits per heavy atom. The molecule has 1 heterocycles. The molecule has 2 aliphatic rings. The van der Waals surface area contributed by atoms with E-state index in [4.69, 9.17) is 4.74 Å². The minimum Gasteiger partial charge on any atom is -0.389 e. The highest BCUT2D eigenvalue weighted by Crippen LogP contribution is 2.57. The van der Waals surface area contributed by atoms with E-state index in [-0.39, 0.29) is 5.78 Å². The van der Waals surface area contributed by atoms with Gasteiger partial charge in [0.15, 0.2) is 0 Å². The summed E-state index contributed by atoms with van der Waals surface area (Å²) in [6.07, 6.45) is 2.96. The minimum absolute atomic E-state index is 0.150. The number of carbonyl (C=O) groups excluding carboxylic acids is 1. The number of hydrogen-bond donors (Lipinski definition) is 1. The van der Waals surface area contributed by atoms with Crippen LogP contribution in [-0.4, -0.2) is 29.7 Å². The van der Waals surface area contributed by atoms with Crippen molar-refractivity contribution in [3.8, 4) is 0 Å². The summed E-state index contributed by atoms with van der Waals surface area (Å²) < 4.78 is 5.20. The van der Waals surface area contributed by atoms with Gasteiger partial charge in [0.25, 0.3) is 0 Å². The predicted octanol–water partition coefficient (Wildman–Crippen LogP) is 0.897. The van der Waals surface area contributed by atoms with Crippen LogP contribution in [0.5, 0.6) is 0 Å². The van der Waals surface area contributed by atoms with Gasteiger partial charge in [-0.05, 0) is 19.8 Å². The highest BCUT2D eigenvalue weighted by Gasteiger charge is 2.61. The minimum atomic E-state index is -0.767. The van der Waals surface area contributed by atoms with Gasteiger partial charge in [0.1, 0.15) is 5.78 Å². The van der Waals surface area contributed by atoms with E-state index in [9.17, 15) is 9.90 Å². The van der Waals surface area contributed by atoms with Crippen molar-refractivity contribution < 1.29 is 14.6 Å². The third kappa shape index (κ3) is 1.22. The molecule has 1 N–H and O–H groups in total. The second-order valence-electron chi connectivity index (χ2n) is 4.28. The first-order valence-corrected chi connectivity index (χ1v) is 4.92. The molecule has 1 aliphatic carbocycles. The molecule has 2 rings (SSSR count). The van der Waals surface area contributed by atoms with Crippen molar-refractivity contribution in [2.45, 2.75) is 38.2 Å². The molecule has 1 saturated carbocycles. The molecular formula is C10H16O3. The van der Waals surface area contributed by atoms with Gasteiger partial charge in [-0.25, -0.2) is 0 Å². The van der Waals surface area contributed by atoms with E-state index < -0.39 is 11.0 Å². The van der Waals surface area contributed by atoms with Crippen molar-refractivity contribution in [3.05, 3.63) is 0 Å². The standard InChI is InChI=1S/C10H16O3/c1-8(11)9(2-3-9)10(12)4-6-13-7-5-10/h12H,2-7H2,1H3. The van der Waals surface area contributed by atoms with Crippen LogP contribution in [0.4, 0.5) is 0 Å². The fourth-order valence-electron chi connectivity index (χ4n) is 2.46. The summed E-state index contributed by atoms with van der Waals surface area (Å²) >= 11 is 0. The molecule has 0 unspecified atom stereocenters. The highest BCUT2D eigenvalue weighted by molar-refractivity contribution is 5.86. The molecule has 1 aliphatic heterocycles. The Kier molecular flexibility index (Phi) is 1.96. The maximum Gasteiger partial charge on any atom is 0.138 e. The van der Waals surface area contributed by atoms with Gasteiger partial charge in [-0.15, -0.1) is 0 Å². The zero-order valence-electron chi connectivity index (χ0n) is 8.01. The fourth-order valence-corrected chi connectivity index (χ4v) is 2.46. The molecule has 0 aromatic carbocycles. The topological polar surface area (TPSA) is 46.5 Å². The molecule has 13 heavy (non-hydrogen) atoms. The van der Waals surface area contributed by atoms with Gasteiger partial charge in [-0.2, -0.15) is 0 Å². The number of carbonyl (C=O) groups is 1. The maximum absolute atomic E-state index is 11.4. The first-order valence-electron chi connectivity index (χ1n) is 4.92. The third-order valence-electron chi connectivity index (χ3n) is 3.63. The normalized spacial score (nSPS) is 29.7. The van der Waals surface area contributed by atoms with Gasteiger partial charge in [0.2, 0.25) is 0 Å². The Hall–Kier alpha value is -0.410. The largest absolute Gasteiger partial charge is 0.389 e. The number of ketones is 1. The number of rotatable bonds is 2. The molecule has 3 heteroatoms. The number of ether oxygens (including phenoxy) is 1. The lowest BCUT2D eigenvalue weighted by Gasteiger charge is -2.38. The second kappa shape index (κ2) is 2.79. The predicted molar refractivity (Wildman–Crippen MR) is 47.4 cm³/mol. The first kappa shape index (κ1) is 9.16. The van der Waals surface area contributed by atoms with Gasteiger partial charge < -0.3 is 9.84 Å². The summed E-state index contributed by atoms with van der Waals surface area (Å²) in [5.41, 5.74) is -1.17. The van der Waals surface area contributed by atoms with Crippen LogP contribution in [0.3, 0.4) is 0 Å². The van der Waals surface area contributed by atoms with E-state index >= 15 is 0 Å². The molecule has 2 fully saturated rings. The lowest BCUT2D eigenvalue weighted by atomic mass is 9.76. The van der Waals surface area contributed by atoms with Crippen molar-refractivity contribution in [2.75, 3.05) is 13.2 Å². The van der Waals surface area contributed by atoms with Crippen molar-refractivity contribution in [1.29, 1.82) is 0 Å². The van der Waals surface area contributed by atoms with Gasteiger partial charge in [0, 0.05) is 26.1 Å². The summed E-state index contributed by atoms with van der Waals surface area (Å²) in [5.74, 6) is 0.150. The molecule has 0 atom stereocenters. The molecule has 0 bridgehead atoms. The average molecular weight is 184 g/mol. The van der Waals surface area contributed by atoms with E-state index in [1.807, 2.05) is 0 Å². The van der Waals surface area contributed by atoms with Crippen LogP contribution in [0.2, 0.25) is 0 Å². The summed E-state index contributed by atoms with van der Waals surface area (Å²) in [5, 5.41) is 10.3. The molecular weight excluding hydrogens is 168 g/mol. The molecule has 3 nitrogen and oxygen atoms in total. The Labute approximate surface area is 78.1 Å². The fraction of sp³-hybridized carbons (Fsp3) is 0.900. The monoisotopic (exact) mass is 184 g/mol. The Balaban J connectivity index is 2.17. The van der Waals surface area contributed by atoms with Crippen LogP contribution in [0.25, 0.3) is 0 Å². The van der Waals surface area contributed by atoms with Crippen molar-refractivity contribution in [1.82, 2.24) is 0 Å². The molecule has 0 radical (unpaired) electrons. The smallest absolute Gasteiger partial charge is 0.138 e. The lowest BCUT2D eigenvalue weighted by Crippen LogP contribution is -2.47. The summed E-state index contributed by atoms with van der Waals surface area (Å²) in [6, 6.07) is 0. The van der Waals surface area contributed by atoms with Crippen LogP contribution in [0, 0.1) is 5.41 Å². The molecule has 0 aromatic heterocycles. The van der Waals surface area contributed by atoms with E-state index in [0.717, 1.165) is 12.8 Å². The van der Waals surface area contributed by atoms with Crippen LogP contribution in [0.15, 0.2) is 0 Å². The third-order valence-corrected chi connectivity index (χ3v) is 3.63. The van der Waals surface area contributed by atoms with E-state index in [1.54, 1.807) is 6.92 Å². The van der Waals surface area contributed by atoms with Crippen LogP contribution < -0.4 is 0 Å². The Morgan fingerprint density at radius 3 is 2.15 bits per heavy atom. The molecule has 0 amide bonds. The molecule has 1 saturated heterocycles. The number of Topliss-reactive ketones (excluding diaryl/α,β-unsaturated/α-hetero) is 1. The quantitative estimate of drug-likeness (QED) is 0.693. The maximum atomic E-state index is 11.4. The van der Waals surface area contributed by atoms with Gasteiger partial charge >= 0.3 is 0 Å². The molecule has 74 valence electrons.